The number of para-hydroxylation sites is 1. The second-order valence-corrected chi connectivity index (χ2v) is 7.83. The Morgan fingerprint density at radius 2 is 1.76 bits per heavy atom. The van der Waals surface area contributed by atoms with Crippen LogP contribution in [0.2, 0.25) is 0 Å². The number of aromatic amines is 1. The van der Waals surface area contributed by atoms with E-state index in [4.69, 9.17) is 4.74 Å². The third kappa shape index (κ3) is 3.57. The summed E-state index contributed by atoms with van der Waals surface area (Å²) in [6.07, 6.45) is 3.32. The van der Waals surface area contributed by atoms with Gasteiger partial charge in [-0.2, -0.15) is 0 Å². The number of fused-ring (bicyclic) bond motifs is 2. The number of imide groups is 1. The lowest BCUT2D eigenvalue weighted by molar-refractivity contribution is -0.145. The summed E-state index contributed by atoms with van der Waals surface area (Å²) in [6.45, 7) is 1.46. The summed E-state index contributed by atoms with van der Waals surface area (Å²) in [6, 6.07) is 7.45. The van der Waals surface area contributed by atoms with Gasteiger partial charge in [0.05, 0.1) is 18.3 Å². The number of hydrogen-bond donors (Lipinski definition) is 1. The predicted octanol–water partition coefficient (Wildman–Crippen LogP) is 2.77. The van der Waals surface area contributed by atoms with Crippen molar-refractivity contribution < 1.29 is 23.9 Å². The minimum atomic E-state index is -0.591. The first-order valence-electron chi connectivity index (χ1n) is 10.1. The van der Waals surface area contributed by atoms with E-state index in [1.54, 1.807) is 6.92 Å². The Labute approximate surface area is 168 Å². The first-order valence-corrected chi connectivity index (χ1v) is 10.1. The van der Waals surface area contributed by atoms with Crippen LogP contribution in [0, 0.1) is 18.8 Å². The molecule has 1 saturated carbocycles. The van der Waals surface area contributed by atoms with Gasteiger partial charge >= 0.3 is 5.97 Å². The molecule has 1 saturated heterocycles. The number of aryl methyl sites for hydroxylation is 1. The van der Waals surface area contributed by atoms with Crippen LogP contribution in [-0.2, 0) is 19.1 Å². The summed E-state index contributed by atoms with van der Waals surface area (Å²) >= 11 is 0. The Morgan fingerprint density at radius 3 is 2.45 bits per heavy atom. The number of ketones is 1. The van der Waals surface area contributed by atoms with E-state index in [2.05, 4.69) is 4.98 Å². The van der Waals surface area contributed by atoms with Gasteiger partial charge < -0.3 is 9.72 Å². The van der Waals surface area contributed by atoms with Gasteiger partial charge in [-0.25, -0.2) is 0 Å². The standard InChI is InChI=1S/C22H24N2O5/c1-13-20(16-8-4-5-9-17(16)23-13)18(25)12-29-19(26)10-11-24-21(27)14-6-2-3-7-15(14)22(24)28/h4-5,8-9,14-15,23H,2-3,6-7,10-12H2,1H3/t14-,15-/m1/s1. The highest BCUT2D eigenvalue weighted by atomic mass is 16.5. The number of aromatic nitrogens is 1. The second kappa shape index (κ2) is 7.81. The first kappa shape index (κ1) is 19.4. The zero-order valence-electron chi connectivity index (χ0n) is 16.4. The maximum Gasteiger partial charge on any atom is 0.308 e. The maximum absolute atomic E-state index is 12.6. The van der Waals surface area contributed by atoms with Gasteiger partial charge in [0.15, 0.2) is 6.61 Å². The normalized spacial score (nSPS) is 21.5. The molecule has 1 N–H and O–H groups in total. The molecule has 0 spiro atoms. The van der Waals surface area contributed by atoms with Crippen molar-refractivity contribution in [3.8, 4) is 0 Å². The monoisotopic (exact) mass is 396 g/mol. The van der Waals surface area contributed by atoms with Gasteiger partial charge in [-0.15, -0.1) is 0 Å². The van der Waals surface area contributed by atoms with Gasteiger partial charge in [-0.3, -0.25) is 24.1 Å². The number of carbonyl (C=O) groups excluding carboxylic acids is 4. The molecule has 7 heteroatoms. The minimum absolute atomic E-state index is 0.0177. The van der Waals surface area contributed by atoms with Crippen molar-refractivity contribution in [3.63, 3.8) is 0 Å². The van der Waals surface area contributed by atoms with Crippen LogP contribution in [0.15, 0.2) is 24.3 Å². The summed E-state index contributed by atoms with van der Waals surface area (Å²) in [4.78, 5) is 53.9. The summed E-state index contributed by atoms with van der Waals surface area (Å²) < 4.78 is 5.13. The van der Waals surface area contributed by atoms with Gasteiger partial charge in [0.1, 0.15) is 0 Å². The molecule has 0 radical (unpaired) electrons. The fraction of sp³-hybridized carbons (Fsp3) is 0.455. The van der Waals surface area contributed by atoms with Crippen LogP contribution in [0.3, 0.4) is 0 Å². The molecule has 2 heterocycles. The van der Waals surface area contributed by atoms with Crippen LogP contribution in [0.5, 0.6) is 0 Å². The zero-order chi connectivity index (χ0) is 20.5. The molecule has 7 nitrogen and oxygen atoms in total. The molecule has 0 bridgehead atoms. The summed E-state index contributed by atoms with van der Waals surface area (Å²) in [7, 11) is 0. The molecular formula is C22H24N2O5. The average molecular weight is 396 g/mol. The minimum Gasteiger partial charge on any atom is -0.457 e. The van der Waals surface area contributed by atoms with Crippen molar-refractivity contribution in [3.05, 3.63) is 35.5 Å². The van der Waals surface area contributed by atoms with Crippen molar-refractivity contribution in [1.82, 2.24) is 9.88 Å². The smallest absolute Gasteiger partial charge is 0.308 e. The number of likely N-dealkylation sites (tertiary alicyclic amines) is 1. The summed E-state index contributed by atoms with van der Waals surface area (Å²) in [5, 5.41) is 0.793. The van der Waals surface area contributed by atoms with E-state index in [1.807, 2.05) is 24.3 Å². The van der Waals surface area contributed by atoms with Crippen LogP contribution < -0.4 is 0 Å². The highest BCUT2D eigenvalue weighted by molar-refractivity contribution is 6.10. The Bertz CT molecular complexity index is 968. The number of amides is 2. The Balaban J connectivity index is 1.32. The van der Waals surface area contributed by atoms with Crippen molar-refractivity contribution in [2.24, 2.45) is 11.8 Å². The third-order valence-electron chi connectivity index (χ3n) is 6.01. The number of carbonyl (C=O) groups is 4. The van der Waals surface area contributed by atoms with E-state index >= 15 is 0 Å². The van der Waals surface area contributed by atoms with E-state index < -0.39 is 5.97 Å². The van der Waals surface area contributed by atoms with Crippen molar-refractivity contribution >= 4 is 34.5 Å². The molecule has 152 valence electrons. The molecule has 1 aliphatic carbocycles. The van der Waals surface area contributed by atoms with E-state index in [1.165, 1.54) is 4.90 Å². The molecule has 2 amide bonds. The molecule has 1 aliphatic heterocycles. The number of esters is 1. The largest absolute Gasteiger partial charge is 0.457 e. The van der Waals surface area contributed by atoms with Gasteiger partial charge in [-0.1, -0.05) is 31.0 Å². The Hall–Kier alpha value is -2.96. The number of ether oxygens (including phenoxy) is 1. The van der Waals surface area contributed by atoms with Gasteiger partial charge in [0.2, 0.25) is 17.6 Å². The van der Waals surface area contributed by atoms with E-state index in [0.29, 0.717) is 5.56 Å². The molecule has 29 heavy (non-hydrogen) atoms. The Morgan fingerprint density at radius 1 is 1.10 bits per heavy atom. The predicted molar refractivity (Wildman–Crippen MR) is 105 cm³/mol. The number of benzene rings is 1. The SMILES string of the molecule is Cc1[nH]c2ccccc2c1C(=O)COC(=O)CCN1C(=O)[C@@H]2CCCC[C@H]2C1=O. The van der Waals surface area contributed by atoms with Gasteiger partial charge in [0.25, 0.3) is 0 Å². The summed E-state index contributed by atoms with van der Waals surface area (Å²) in [5.41, 5.74) is 2.10. The van der Waals surface area contributed by atoms with E-state index in [-0.39, 0.29) is 49.0 Å². The molecule has 2 atom stereocenters. The molecule has 2 fully saturated rings. The number of nitrogens with zero attached hydrogens (tertiary/aromatic N) is 1. The number of rotatable bonds is 6. The highest BCUT2D eigenvalue weighted by Crippen LogP contribution is 2.38. The highest BCUT2D eigenvalue weighted by Gasteiger charge is 2.47. The lowest BCUT2D eigenvalue weighted by atomic mass is 9.81. The van der Waals surface area contributed by atoms with Crippen LogP contribution >= 0.6 is 0 Å². The molecular weight excluding hydrogens is 372 g/mol. The number of H-pyrrole nitrogens is 1. The first-order chi connectivity index (χ1) is 14.0. The number of hydrogen-bond acceptors (Lipinski definition) is 5. The average Bonchev–Trinajstić information content (AvgIpc) is 3.18. The number of Topliss-reactive ketones (excluding diaryl/α,β-unsaturated/α-hetero) is 1. The van der Waals surface area contributed by atoms with Crippen LogP contribution in [0.1, 0.15) is 48.2 Å². The Kier molecular flexibility index (Phi) is 5.22. The van der Waals surface area contributed by atoms with Crippen LogP contribution in [0.4, 0.5) is 0 Å². The molecule has 2 aliphatic rings. The second-order valence-electron chi connectivity index (χ2n) is 7.83. The third-order valence-corrected chi connectivity index (χ3v) is 6.01. The molecule has 2 aromatic rings. The van der Waals surface area contributed by atoms with E-state index in [0.717, 1.165) is 42.3 Å². The fourth-order valence-electron chi connectivity index (χ4n) is 4.58. The van der Waals surface area contributed by atoms with E-state index in [9.17, 15) is 19.2 Å². The van der Waals surface area contributed by atoms with Gasteiger partial charge in [0, 0.05) is 28.7 Å². The number of nitrogens with one attached hydrogen (secondary N) is 1. The van der Waals surface area contributed by atoms with Crippen molar-refractivity contribution in [2.75, 3.05) is 13.2 Å². The zero-order valence-corrected chi connectivity index (χ0v) is 16.4. The molecule has 0 unspecified atom stereocenters. The van der Waals surface area contributed by atoms with Crippen molar-refractivity contribution in [2.45, 2.75) is 39.0 Å². The topological polar surface area (TPSA) is 96.5 Å². The molecule has 1 aromatic carbocycles. The lowest BCUT2D eigenvalue weighted by Crippen LogP contribution is -2.33. The fourth-order valence-corrected chi connectivity index (χ4v) is 4.58. The van der Waals surface area contributed by atoms with Gasteiger partial charge in [-0.05, 0) is 25.8 Å². The lowest BCUT2D eigenvalue weighted by Gasteiger charge is -2.19. The maximum atomic E-state index is 12.6. The quantitative estimate of drug-likeness (QED) is 0.460. The summed E-state index contributed by atoms with van der Waals surface area (Å²) in [5.74, 6) is -1.66. The van der Waals surface area contributed by atoms with Crippen LogP contribution in [-0.4, -0.2) is 46.6 Å². The van der Waals surface area contributed by atoms with Crippen LogP contribution in [0.25, 0.3) is 10.9 Å². The molecule has 4 rings (SSSR count). The van der Waals surface area contributed by atoms with Crippen molar-refractivity contribution in [1.29, 1.82) is 0 Å². The molecule has 1 aromatic heterocycles.